The Morgan fingerprint density at radius 2 is 2.02 bits per heavy atom. The van der Waals surface area contributed by atoms with Crippen LogP contribution in [0.2, 0.25) is 0 Å². The summed E-state index contributed by atoms with van der Waals surface area (Å²) in [5.41, 5.74) is 4.72. The zero-order chi connectivity index (χ0) is 30.1. The molecule has 2 aliphatic rings. The number of halogens is 1. The third-order valence-corrected chi connectivity index (χ3v) is 7.12. The van der Waals surface area contributed by atoms with Gasteiger partial charge >= 0.3 is 0 Å². The summed E-state index contributed by atoms with van der Waals surface area (Å²) in [7, 11) is 1.87. The molecule has 0 bridgehead atoms. The Labute approximate surface area is 249 Å². The third-order valence-electron chi connectivity index (χ3n) is 7.12. The summed E-state index contributed by atoms with van der Waals surface area (Å²) in [6.45, 7) is 7.36. The average molecular weight is 578 g/mol. The molecule has 0 saturated carbocycles. The molecule has 10 nitrogen and oxygen atoms in total. The number of nitrogens with one attached hydrogen (secondary N) is 2. The molecule has 1 amide bonds. The van der Waals surface area contributed by atoms with Crippen molar-refractivity contribution in [1.29, 1.82) is 0 Å². The highest BCUT2D eigenvalue weighted by molar-refractivity contribution is 6.15. The number of pyridine rings is 3. The molecule has 0 aromatic carbocycles. The second-order valence-corrected chi connectivity index (χ2v) is 11.8. The van der Waals surface area contributed by atoms with Crippen molar-refractivity contribution < 1.29 is 9.18 Å². The van der Waals surface area contributed by atoms with E-state index in [2.05, 4.69) is 30.2 Å². The van der Waals surface area contributed by atoms with Gasteiger partial charge in [0, 0.05) is 61.5 Å². The Bertz CT molecular complexity index is 1780. The van der Waals surface area contributed by atoms with Crippen molar-refractivity contribution in [3.05, 3.63) is 89.4 Å². The Morgan fingerprint density at radius 1 is 1.16 bits per heavy atom. The highest BCUT2D eigenvalue weighted by atomic mass is 19.1. The van der Waals surface area contributed by atoms with Gasteiger partial charge in [-0.05, 0) is 29.7 Å². The predicted molar refractivity (Wildman–Crippen MR) is 166 cm³/mol. The van der Waals surface area contributed by atoms with Gasteiger partial charge in [0.15, 0.2) is 5.82 Å². The van der Waals surface area contributed by atoms with Crippen LogP contribution in [0.5, 0.6) is 0 Å². The average Bonchev–Trinajstić information content (AvgIpc) is 3.17. The van der Waals surface area contributed by atoms with E-state index in [1.165, 1.54) is 6.20 Å². The topological polar surface area (TPSA) is 124 Å². The number of imidazole rings is 1. The van der Waals surface area contributed by atoms with Crippen molar-refractivity contribution in [3.8, 4) is 11.1 Å². The fraction of sp³-hybridized carbons (Fsp3) is 0.281. The number of hydrogen-bond acceptors (Lipinski definition) is 8. The van der Waals surface area contributed by atoms with E-state index < -0.39 is 5.82 Å². The molecule has 11 heteroatoms. The minimum Gasteiger partial charge on any atom is -0.357 e. The molecule has 6 rings (SSSR count). The molecule has 218 valence electrons. The molecule has 2 aliphatic heterocycles. The monoisotopic (exact) mass is 577 g/mol. The van der Waals surface area contributed by atoms with Crippen LogP contribution >= 0.6 is 0 Å². The lowest BCUT2D eigenvalue weighted by Crippen LogP contribution is -2.22. The molecular formula is C32H32FN9O. The van der Waals surface area contributed by atoms with Crippen molar-refractivity contribution in [2.75, 3.05) is 30.4 Å². The third kappa shape index (κ3) is 5.83. The van der Waals surface area contributed by atoms with Crippen molar-refractivity contribution in [2.45, 2.75) is 33.7 Å². The van der Waals surface area contributed by atoms with Crippen LogP contribution in [0.15, 0.2) is 65.1 Å². The van der Waals surface area contributed by atoms with Gasteiger partial charge in [0.25, 0.3) is 0 Å². The van der Waals surface area contributed by atoms with E-state index in [4.69, 9.17) is 9.98 Å². The van der Waals surface area contributed by atoms with Crippen LogP contribution in [-0.4, -0.2) is 62.9 Å². The number of H-pyrrole nitrogens is 1. The lowest BCUT2D eigenvalue weighted by Gasteiger charge is -2.20. The molecule has 0 radical (unpaired) electrons. The minimum absolute atomic E-state index is 0.135. The van der Waals surface area contributed by atoms with Gasteiger partial charge in [-0.3, -0.25) is 24.7 Å². The van der Waals surface area contributed by atoms with E-state index in [0.29, 0.717) is 60.4 Å². The van der Waals surface area contributed by atoms with Crippen molar-refractivity contribution in [2.24, 2.45) is 15.4 Å². The number of nitrogens with zero attached hydrogens (tertiary/aromatic N) is 7. The van der Waals surface area contributed by atoms with E-state index in [-0.39, 0.29) is 22.4 Å². The summed E-state index contributed by atoms with van der Waals surface area (Å²) in [4.78, 5) is 45.4. The lowest BCUT2D eigenvalue weighted by molar-refractivity contribution is -0.117. The SMILES string of the molecule is CN1CCN=C(c2nc3c([nH]2)CN=CC=C3c2ccccn2)c2c1ncc(-c1cncc(NC(=O)CC(C)(C)C)c1)c2F. The molecular weight excluding hydrogens is 545 g/mol. The number of hydrogen-bond donors (Lipinski definition) is 2. The van der Waals surface area contributed by atoms with Crippen molar-refractivity contribution in [1.82, 2.24) is 24.9 Å². The van der Waals surface area contributed by atoms with Gasteiger partial charge in [-0.2, -0.15) is 0 Å². The minimum atomic E-state index is -0.498. The Hall–Kier alpha value is -5.06. The molecule has 6 heterocycles. The molecule has 0 fully saturated rings. The first-order valence-corrected chi connectivity index (χ1v) is 14.1. The number of amides is 1. The number of fused-ring (bicyclic) bond motifs is 2. The summed E-state index contributed by atoms with van der Waals surface area (Å²) >= 11 is 0. The lowest BCUT2D eigenvalue weighted by atomic mass is 9.92. The highest BCUT2D eigenvalue weighted by Gasteiger charge is 2.29. The van der Waals surface area contributed by atoms with Crippen LogP contribution in [-0.2, 0) is 11.3 Å². The van der Waals surface area contributed by atoms with Crippen LogP contribution in [0.1, 0.15) is 55.7 Å². The van der Waals surface area contributed by atoms with Gasteiger partial charge < -0.3 is 15.2 Å². The van der Waals surface area contributed by atoms with Gasteiger partial charge in [0.1, 0.15) is 17.3 Å². The van der Waals surface area contributed by atoms with Gasteiger partial charge in [-0.1, -0.05) is 26.8 Å². The summed E-state index contributed by atoms with van der Waals surface area (Å²) in [5, 5.41) is 2.88. The number of aromatic amines is 1. The van der Waals surface area contributed by atoms with E-state index in [9.17, 15) is 4.79 Å². The molecule has 4 aromatic rings. The standard InChI is InChI=1S/C32H32FN9O/c1-32(2,3)14-25(43)39-20-13-19(15-35-16-20)22-17-38-31-26(27(22)33)29(37-11-12-42(31)4)30-40-24-18-34-10-8-21(28(24)41-30)23-7-5-6-9-36-23/h5-10,13,15-17H,11-12,14,18H2,1-4H3,(H,39,43)(H,40,41). The summed E-state index contributed by atoms with van der Waals surface area (Å²) in [6.07, 6.45) is 10.3. The Balaban J connectivity index is 1.41. The summed E-state index contributed by atoms with van der Waals surface area (Å²) in [5.74, 6) is 0.261. The van der Waals surface area contributed by atoms with Crippen LogP contribution in [0, 0.1) is 11.2 Å². The van der Waals surface area contributed by atoms with Crippen LogP contribution in [0.3, 0.4) is 0 Å². The first-order valence-electron chi connectivity index (χ1n) is 14.1. The largest absolute Gasteiger partial charge is 0.357 e. The Kier molecular flexibility index (Phi) is 7.39. The van der Waals surface area contributed by atoms with Gasteiger partial charge in [0.2, 0.25) is 5.91 Å². The molecule has 2 N–H and O–H groups in total. The van der Waals surface area contributed by atoms with Gasteiger partial charge in [-0.25, -0.2) is 14.4 Å². The van der Waals surface area contributed by atoms with E-state index in [1.54, 1.807) is 30.9 Å². The summed E-state index contributed by atoms with van der Waals surface area (Å²) < 4.78 is 16.7. The maximum absolute atomic E-state index is 16.7. The second-order valence-electron chi connectivity index (χ2n) is 11.8. The molecule has 4 aromatic heterocycles. The maximum atomic E-state index is 16.7. The molecule has 0 unspecified atom stereocenters. The zero-order valence-corrected chi connectivity index (χ0v) is 24.5. The molecule has 0 atom stereocenters. The molecule has 43 heavy (non-hydrogen) atoms. The van der Waals surface area contributed by atoms with Gasteiger partial charge in [0.05, 0.1) is 47.6 Å². The maximum Gasteiger partial charge on any atom is 0.224 e. The number of carbonyl (C=O) groups excluding carboxylic acids is 1. The second kappa shape index (κ2) is 11.3. The number of aliphatic imine (C=N–C) groups is 2. The fourth-order valence-corrected chi connectivity index (χ4v) is 5.15. The Morgan fingerprint density at radius 3 is 2.81 bits per heavy atom. The fourth-order valence-electron chi connectivity index (χ4n) is 5.15. The van der Waals surface area contributed by atoms with Crippen LogP contribution in [0.25, 0.3) is 16.7 Å². The van der Waals surface area contributed by atoms with E-state index in [1.807, 2.05) is 57.0 Å². The molecule has 0 aliphatic carbocycles. The number of anilines is 2. The molecule has 0 spiro atoms. The number of aromatic nitrogens is 5. The van der Waals surface area contributed by atoms with Crippen molar-refractivity contribution >= 4 is 34.9 Å². The van der Waals surface area contributed by atoms with Gasteiger partial charge in [-0.15, -0.1) is 0 Å². The summed E-state index contributed by atoms with van der Waals surface area (Å²) in [6, 6.07) is 7.40. The first kappa shape index (κ1) is 28.1. The van der Waals surface area contributed by atoms with Crippen molar-refractivity contribution in [3.63, 3.8) is 0 Å². The number of likely N-dealkylation sites (N-methyl/N-ethyl adjacent to an activating group) is 1. The van der Waals surface area contributed by atoms with E-state index in [0.717, 1.165) is 17.0 Å². The number of allylic oxidation sites excluding steroid dienone is 1. The normalized spacial score (nSPS) is 14.7. The smallest absolute Gasteiger partial charge is 0.224 e. The first-order chi connectivity index (χ1) is 20.7. The highest BCUT2D eigenvalue weighted by Crippen LogP contribution is 2.34. The van der Waals surface area contributed by atoms with Crippen LogP contribution in [0.4, 0.5) is 15.9 Å². The zero-order valence-electron chi connectivity index (χ0n) is 24.5. The predicted octanol–water partition coefficient (Wildman–Crippen LogP) is 5.08. The quantitative estimate of drug-likeness (QED) is 0.341. The van der Waals surface area contributed by atoms with Crippen LogP contribution < -0.4 is 10.2 Å². The number of rotatable bonds is 5. The van der Waals surface area contributed by atoms with E-state index >= 15 is 4.39 Å². The molecule has 0 saturated heterocycles. The number of carbonyl (C=O) groups is 1.